The number of aromatic nitrogens is 1. The van der Waals surface area contributed by atoms with Gasteiger partial charge in [-0.3, -0.25) is 4.79 Å². The number of hydrogen-bond donors (Lipinski definition) is 1. The van der Waals surface area contributed by atoms with Crippen LogP contribution in [0.2, 0.25) is 0 Å². The zero-order valence-electron chi connectivity index (χ0n) is 15.3. The molecule has 0 bridgehead atoms. The molecule has 130 valence electrons. The smallest absolute Gasteiger partial charge is 0.257 e. The number of amides is 1. The van der Waals surface area contributed by atoms with Gasteiger partial charge in [0, 0.05) is 35.9 Å². The van der Waals surface area contributed by atoms with Gasteiger partial charge < -0.3 is 14.8 Å². The van der Waals surface area contributed by atoms with Crippen LogP contribution in [-0.2, 0) is 6.54 Å². The topological polar surface area (TPSA) is 37.3 Å². The minimum Gasteiger partial charge on any atom is -0.345 e. The Kier molecular flexibility index (Phi) is 4.91. The third-order valence-corrected chi connectivity index (χ3v) is 4.45. The van der Waals surface area contributed by atoms with E-state index < -0.39 is 0 Å². The van der Waals surface area contributed by atoms with E-state index in [0.717, 1.165) is 35.2 Å². The van der Waals surface area contributed by atoms with E-state index in [2.05, 4.69) is 47.9 Å². The molecule has 3 rings (SSSR count). The molecule has 0 unspecified atom stereocenters. The number of nitrogens with one attached hydrogen (secondary N) is 1. The number of nitrogens with zero attached hydrogens (tertiary/aromatic N) is 2. The van der Waals surface area contributed by atoms with Crippen LogP contribution in [0.3, 0.4) is 0 Å². The number of aryl methyl sites for hydroxylation is 2. The van der Waals surface area contributed by atoms with Crippen LogP contribution in [0.1, 0.15) is 21.5 Å². The van der Waals surface area contributed by atoms with Gasteiger partial charge in [0.25, 0.3) is 5.91 Å². The maximum absolute atomic E-state index is 12.9. The second kappa shape index (κ2) is 7.11. The van der Waals surface area contributed by atoms with Gasteiger partial charge in [-0.2, -0.15) is 0 Å². The van der Waals surface area contributed by atoms with E-state index in [-0.39, 0.29) is 5.91 Å². The number of benzene rings is 2. The van der Waals surface area contributed by atoms with Gasteiger partial charge in [-0.15, -0.1) is 0 Å². The van der Waals surface area contributed by atoms with Crippen molar-refractivity contribution in [3.63, 3.8) is 0 Å². The molecule has 0 fully saturated rings. The maximum Gasteiger partial charge on any atom is 0.257 e. The summed E-state index contributed by atoms with van der Waals surface area (Å²) in [6, 6.07) is 14.1. The summed E-state index contributed by atoms with van der Waals surface area (Å²) in [6.07, 6.45) is 1.97. The summed E-state index contributed by atoms with van der Waals surface area (Å²) >= 11 is 0. The van der Waals surface area contributed by atoms with Crippen LogP contribution in [0.5, 0.6) is 0 Å². The Balaban J connectivity index is 1.93. The molecule has 1 heterocycles. The lowest BCUT2D eigenvalue weighted by molar-refractivity contribution is 0.102. The average Bonchev–Trinajstić information content (AvgIpc) is 2.94. The van der Waals surface area contributed by atoms with Crippen LogP contribution in [0, 0.1) is 13.8 Å². The summed E-state index contributed by atoms with van der Waals surface area (Å²) in [4.78, 5) is 15.0. The molecule has 0 radical (unpaired) electrons. The maximum atomic E-state index is 12.9. The Morgan fingerprint density at radius 2 is 1.88 bits per heavy atom. The van der Waals surface area contributed by atoms with Gasteiger partial charge in [-0.25, -0.2) is 0 Å². The normalized spacial score (nSPS) is 11.2. The molecule has 4 heteroatoms. The lowest BCUT2D eigenvalue weighted by Gasteiger charge is -2.11. The number of anilines is 1. The SMILES string of the molecule is Cc1ccc(NC(=O)c2cn(CCN(C)C)c3ccccc23)c(C)c1. The first-order valence-corrected chi connectivity index (χ1v) is 8.57. The summed E-state index contributed by atoms with van der Waals surface area (Å²) in [5, 5.41) is 4.05. The van der Waals surface area contributed by atoms with Gasteiger partial charge >= 0.3 is 0 Å². The molecule has 0 spiro atoms. The van der Waals surface area contributed by atoms with Crippen LogP contribution in [0.4, 0.5) is 5.69 Å². The van der Waals surface area contributed by atoms with E-state index in [9.17, 15) is 4.79 Å². The minimum atomic E-state index is -0.0632. The lowest BCUT2D eigenvalue weighted by atomic mass is 10.1. The zero-order chi connectivity index (χ0) is 18.0. The number of para-hydroxylation sites is 1. The standard InChI is InChI=1S/C21H25N3O/c1-15-9-10-19(16(2)13-15)22-21(25)18-14-24(12-11-23(3)4)20-8-6-5-7-17(18)20/h5-10,13-14H,11-12H2,1-4H3,(H,22,25). The molecule has 1 amide bonds. The second-order valence-electron chi connectivity index (χ2n) is 6.83. The molecule has 0 aliphatic heterocycles. The van der Waals surface area contributed by atoms with Crippen LogP contribution < -0.4 is 5.32 Å². The first-order chi connectivity index (χ1) is 12.0. The monoisotopic (exact) mass is 335 g/mol. The van der Waals surface area contributed by atoms with Crippen molar-refractivity contribution in [1.29, 1.82) is 0 Å². The van der Waals surface area contributed by atoms with E-state index in [1.807, 2.05) is 43.5 Å². The fraction of sp³-hybridized carbons (Fsp3) is 0.286. The summed E-state index contributed by atoms with van der Waals surface area (Å²) in [5.74, 6) is -0.0632. The number of likely N-dealkylation sites (N-methyl/N-ethyl adjacent to an activating group) is 1. The molecule has 0 aliphatic rings. The number of fused-ring (bicyclic) bond motifs is 1. The van der Waals surface area contributed by atoms with Crippen molar-refractivity contribution in [2.45, 2.75) is 20.4 Å². The molecule has 0 atom stereocenters. The highest BCUT2D eigenvalue weighted by Gasteiger charge is 2.15. The minimum absolute atomic E-state index is 0.0632. The fourth-order valence-electron chi connectivity index (χ4n) is 3.06. The van der Waals surface area contributed by atoms with E-state index in [1.165, 1.54) is 5.56 Å². The molecule has 0 aliphatic carbocycles. The third kappa shape index (κ3) is 3.74. The van der Waals surface area contributed by atoms with E-state index >= 15 is 0 Å². The van der Waals surface area contributed by atoms with Crippen molar-refractivity contribution >= 4 is 22.5 Å². The van der Waals surface area contributed by atoms with Crippen molar-refractivity contribution in [2.75, 3.05) is 26.0 Å². The van der Waals surface area contributed by atoms with Crippen molar-refractivity contribution < 1.29 is 4.79 Å². The predicted octanol–water partition coefficient (Wildman–Crippen LogP) is 4.07. The van der Waals surface area contributed by atoms with Crippen molar-refractivity contribution in [3.8, 4) is 0 Å². The summed E-state index contributed by atoms with van der Waals surface area (Å²) < 4.78 is 2.16. The van der Waals surface area contributed by atoms with Gasteiger partial charge in [-0.05, 0) is 45.6 Å². The first kappa shape index (κ1) is 17.2. The van der Waals surface area contributed by atoms with Crippen LogP contribution in [0.25, 0.3) is 10.9 Å². The van der Waals surface area contributed by atoms with E-state index in [4.69, 9.17) is 0 Å². The number of carbonyl (C=O) groups excluding carboxylic acids is 1. The van der Waals surface area contributed by atoms with Gasteiger partial charge in [-0.1, -0.05) is 35.9 Å². The van der Waals surface area contributed by atoms with Crippen molar-refractivity contribution in [2.24, 2.45) is 0 Å². The molecule has 3 aromatic rings. The molecule has 1 aromatic heterocycles. The fourth-order valence-corrected chi connectivity index (χ4v) is 3.06. The summed E-state index contributed by atoms with van der Waals surface area (Å²) in [5.41, 5.74) is 4.94. The highest BCUT2D eigenvalue weighted by atomic mass is 16.1. The molecule has 25 heavy (non-hydrogen) atoms. The summed E-state index contributed by atoms with van der Waals surface area (Å²) in [7, 11) is 4.11. The van der Waals surface area contributed by atoms with Gasteiger partial charge in [0.1, 0.15) is 0 Å². The van der Waals surface area contributed by atoms with Crippen molar-refractivity contribution in [1.82, 2.24) is 9.47 Å². The molecule has 4 nitrogen and oxygen atoms in total. The van der Waals surface area contributed by atoms with Crippen LogP contribution in [0.15, 0.2) is 48.7 Å². The Labute approximate surface area is 149 Å². The van der Waals surface area contributed by atoms with Gasteiger partial charge in [0.05, 0.1) is 5.56 Å². The highest BCUT2D eigenvalue weighted by molar-refractivity contribution is 6.13. The Morgan fingerprint density at radius 3 is 2.60 bits per heavy atom. The second-order valence-corrected chi connectivity index (χ2v) is 6.83. The Morgan fingerprint density at radius 1 is 1.12 bits per heavy atom. The number of hydrogen-bond acceptors (Lipinski definition) is 2. The first-order valence-electron chi connectivity index (χ1n) is 8.57. The Bertz CT molecular complexity index is 909. The average molecular weight is 335 g/mol. The van der Waals surface area contributed by atoms with Crippen molar-refractivity contribution in [3.05, 3.63) is 65.4 Å². The molecule has 0 saturated carbocycles. The number of rotatable bonds is 5. The predicted molar refractivity (Wildman–Crippen MR) is 104 cm³/mol. The quantitative estimate of drug-likeness (QED) is 0.763. The molecule has 2 aromatic carbocycles. The largest absolute Gasteiger partial charge is 0.345 e. The summed E-state index contributed by atoms with van der Waals surface area (Å²) in [6.45, 7) is 5.85. The lowest BCUT2D eigenvalue weighted by Crippen LogP contribution is -2.18. The number of carbonyl (C=O) groups is 1. The Hall–Kier alpha value is -2.59. The molecular weight excluding hydrogens is 310 g/mol. The van der Waals surface area contributed by atoms with Gasteiger partial charge in [0.15, 0.2) is 0 Å². The molecule has 1 N–H and O–H groups in total. The molecular formula is C21H25N3O. The highest BCUT2D eigenvalue weighted by Crippen LogP contribution is 2.23. The molecule has 0 saturated heterocycles. The van der Waals surface area contributed by atoms with E-state index in [0.29, 0.717) is 5.56 Å². The van der Waals surface area contributed by atoms with Crippen LogP contribution in [-0.4, -0.2) is 36.0 Å². The van der Waals surface area contributed by atoms with E-state index in [1.54, 1.807) is 0 Å². The third-order valence-electron chi connectivity index (χ3n) is 4.45. The zero-order valence-corrected chi connectivity index (χ0v) is 15.3. The van der Waals surface area contributed by atoms with Crippen LogP contribution >= 0.6 is 0 Å². The van der Waals surface area contributed by atoms with Gasteiger partial charge in [0.2, 0.25) is 0 Å².